The molecular formula is C17H27N3O2. The van der Waals surface area contributed by atoms with Crippen LogP contribution in [0, 0.1) is 12.8 Å². The summed E-state index contributed by atoms with van der Waals surface area (Å²) in [4.78, 5) is 17.0. The molecule has 0 radical (unpaired) electrons. The van der Waals surface area contributed by atoms with E-state index in [0.29, 0.717) is 19.7 Å². The zero-order chi connectivity index (χ0) is 15.7. The van der Waals surface area contributed by atoms with E-state index in [2.05, 4.69) is 11.9 Å². The monoisotopic (exact) mass is 305 g/mol. The molecule has 5 heteroatoms. The summed E-state index contributed by atoms with van der Waals surface area (Å²) >= 11 is 0. The number of aryl methyl sites for hydroxylation is 1. The minimum Gasteiger partial charge on any atom is -0.373 e. The van der Waals surface area contributed by atoms with E-state index in [4.69, 9.17) is 4.74 Å². The summed E-state index contributed by atoms with van der Waals surface area (Å²) < 4.78 is 7.82. The Morgan fingerprint density at radius 1 is 1.36 bits per heavy atom. The first-order chi connectivity index (χ1) is 10.5. The molecule has 0 spiro atoms. The number of hydrogen-bond acceptors (Lipinski definition) is 3. The molecule has 1 aliphatic carbocycles. The van der Waals surface area contributed by atoms with Crippen LogP contribution in [0.5, 0.6) is 0 Å². The van der Waals surface area contributed by atoms with Crippen molar-refractivity contribution in [1.29, 1.82) is 0 Å². The second-order valence-electron chi connectivity index (χ2n) is 6.83. The molecule has 1 aromatic rings. The maximum atomic E-state index is 12.7. The van der Waals surface area contributed by atoms with Crippen LogP contribution in [0.3, 0.4) is 0 Å². The van der Waals surface area contributed by atoms with Crippen LogP contribution in [0.2, 0.25) is 0 Å². The van der Waals surface area contributed by atoms with Gasteiger partial charge in [-0.15, -0.1) is 0 Å². The number of aromatic nitrogens is 1. The Hall–Kier alpha value is -1.33. The van der Waals surface area contributed by atoms with Gasteiger partial charge in [-0.25, -0.2) is 0 Å². The van der Waals surface area contributed by atoms with Crippen LogP contribution in [-0.4, -0.2) is 66.2 Å². The first kappa shape index (κ1) is 15.6. The third-order valence-electron chi connectivity index (χ3n) is 4.80. The smallest absolute Gasteiger partial charge is 0.270 e. The lowest BCUT2D eigenvalue weighted by molar-refractivity contribution is -0.0336. The lowest BCUT2D eigenvalue weighted by Crippen LogP contribution is -2.49. The number of morpholine rings is 1. The molecule has 0 unspecified atom stereocenters. The van der Waals surface area contributed by atoms with Crippen molar-refractivity contribution in [2.24, 2.45) is 13.0 Å². The lowest BCUT2D eigenvalue weighted by Gasteiger charge is -2.35. The summed E-state index contributed by atoms with van der Waals surface area (Å²) in [6.07, 6.45) is 2.86. The third-order valence-corrected chi connectivity index (χ3v) is 4.80. The zero-order valence-corrected chi connectivity index (χ0v) is 13.9. The summed E-state index contributed by atoms with van der Waals surface area (Å²) in [6, 6.07) is 3.91. The number of likely N-dealkylation sites (N-methyl/N-ethyl adjacent to an activating group) is 1. The van der Waals surface area contributed by atoms with Crippen molar-refractivity contribution in [3.63, 3.8) is 0 Å². The highest BCUT2D eigenvalue weighted by atomic mass is 16.5. The van der Waals surface area contributed by atoms with Crippen LogP contribution >= 0.6 is 0 Å². The van der Waals surface area contributed by atoms with Gasteiger partial charge in [0.05, 0.1) is 12.7 Å². The number of hydrogen-bond donors (Lipinski definition) is 0. The van der Waals surface area contributed by atoms with Gasteiger partial charge in [0, 0.05) is 38.9 Å². The molecule has 1 aromatic heterocycles. The highest BCUT2D eigenvalue weighted by molar-refractivity contribution is 5.93. The molecule has 0 aromatic carbocycles. The number of carbonyl (C=O) groups is 1. The standard InChI is InChI=1S/C17H27N3O2/c1-13-4-7-16(19(13)3)17(21)20-8-9-22-15(12-20)11-18(2)10-14-5-6-14/h4,7,14-15H,5-6,8-12H2,1-3H3/t15-/m1/s1. The maximum Gasteiger partial charge on any atom is 0.270 e. The molecule has 3 rings (SSSR count). The van der Waals surface area contributed by atoms with Gasteiger partial charge in [0.2, 0.25) is 0 Å². The fourth-order valence-corrected chi connectivity index (χ4v) is 3.17. The van der Waals surface area contributed by atoms with Gasteiger partial charge in [-0.05, 0) is 44.9 Å². The molecule has 2 fully saturated rings. The Bertz CT molecular complexity index is 536. The Balaban J connectivity index is 1.57. The average Bonchev–Trinajstić information content (AvgIpc) is 3.24. The highest BCUT2D eigenvalue weighted by Crippen LogP contribution is 2.29. The molecular weight excluding hydrogens is 278 g/mol. The molecule has 2 heterocycles. The number of ether oxygens (including phenoxy) is 1. The summed E-state index contributed by atoms with van der Waals surface area (Å²) in [6.45, 7) is 6.10. The quantitative estimate of drug-likeness (QED) is 0.828. The van der Waals surface area contributed by atoms with E-state index in [9.17, 15) is 4.79 Å². The molecule has 1 saturated heterocycles. The van der Waals surface area contributed by atoms with Gasteiger partial charge in [0.25, 0.3) is 5.91 Å². The van der Waals surface area contributed by atoms with E-state index in [1.165, 1.54) is 12.8 Å². The number of amides is 1. The number of rotatable bonds is 5. The number of carbonyl (C=O) groups excluding carboxylic acids is 1. The van der Waals surface area contributed by atoms with Crippen molar-refractivity contribution in [2.75, 3.05) is 39.8 Å². The van der Waals surface area contributed by atoms with Crippen LogP contribution in [0.15, 0.2) is 12.1 Å². The van der Waals surface area contributed by atoms with E-state index in [1.54, 1.807) is 0 Å². The summed E-state index contributed by atoms with van der Waals surface area (Å²) in [5.41, 5.74) is 1.88. The molecule has 1 aliphatic heterocycles. The molecule has 22 heavy (non-hydrogen) atoms. The minimum absolute atomic E-state index is 0.119. The third kappa shape index (κ3) is 3.52. The van der Waals surface area contributed by atoms with Crippen LogP contribution in [0.1, 0.15) is 29.0 Å². The van der Waals surface area contributed by atoms with Crippen molar-refractivity contribution in [3.05, 3.63) is 23.5 Å². The van der Waals surface area contributed by atoms with Gasteiger partial charge in [-0.1, -0.05) is 0 Å². The summed E-state index contributed by atoms with van der Waals surface area (Å²) in [5.74, 6) is 1.01. The molecule has 5 nitrogen and oxygen atoms in total. The van der Waals surface area contributed by atoms with E-state index in [0.717, 1.165) is 30.4 Å². The average molecular weight is 305 g/mol. The SMILES string of the molecule is Cc1ccc(C(=O)N2CCO[C@H](CN(C)CC3CC3)C2)n1C. The first-order valence-electron chi connectivity index (χ1n) is 8.26. The fraction of sp³-hybridized carbons (Fsp3) is 0.706. The molecule has 122 valence electrons. The van der Waals surface area contributed by atoms with E-state index >= 15 is 0 Å². The second kappa shape index (κ2) is 6.42. The number of nitrogens with zero attached hydrogens (tertiary/aromatic N) is 3. The molecule has 0 N–H and O–H groups in total. The maximum absolute atomic E-state index is 12.7. The van der Waals surface area contributed by atoms with Crippen LogP contribution < -0.4 is 0 Å². The summed E-state index contributed by atoms with van der Waals surface area (Å²) in [5, 5.41) is 0. The van der Waals surface area contributed by atoms with E-state index in [1.807, 2.05) is 35.6 Å². The second-order valence-corrected chi connectivity index (χ2v) is 6.83. The molecule has 1 amide bonds. The van der Waals surface area contributed by atoms with Gasteiger partial charge >= 0.3 is 0 Å². The van der Waals surface area contributed by atoms with E-state index < -0.39 is 0 Å². The van der Waals surface area contributed by atoms with Crippen molar-refractivity contribution in [1.82, 2.24) is 14.4 Å². The van der Waals surface area contributed by atoms with Crippen molar-refractivity contribution in [2.45, 2.75) is 25.9 Å². The van der Waals surface area contributed by atoms with Crippen LogP contribution in [-0.2, 0) is 11.8 Å². The topological polar surface area (TPSA) is 37.7 Å². The van der Waals surface area contributed by atoms with Gasteiger partial charge in [0.1, 0.15) is 5.69 Å². The lowest BCUT2D eigenvalue weighted by atomic mass is 10.2. The molecule has 2 aliphatic rings. The largest absolute Gasteiger partial charge is 0.373 e. The predicted octanol–water partition coefficient (Wildman–Crippen LogP) is 1.52. The van der Waals surface area contributed by atoms with E-state index in [-0.39, 0.29) is 12.0 Å². The Labute approximate surface area is 132 Å². The van der Waals surface area contributed by atoms with Gasteiger partial charge in [0.15, 0.2) is 0 Å². The Morgan fingerprint density at radius 3 is 2.77 bits per heavy atom. The molecule has 1 atom stereocenters. The predicted molar refractivity (Wildman–Crippen MR) is 86.0 cm³/mol. The Kier molecular flexibility index (Phi) is 4.54. The molecule has 1 saturated carbocycles. The van der Waals surface area contributed by atoms with Crippen molar-refractivity contribution < 1.29 is 9.53 Å². The normalized spacial score (nSPS) is 22.4. The fourth-order valence-electron chi connectivity index (χ4n) is 3.17. The summed E-state index contributed by atoms with van der Waals surface area (Å²) in [7, 11) is 4.10. The molecule has 0 bridgehead atoms. The highest BCUT2D eigenvalue weighted by Gasteiger charge is 2.29. The minimum atomic E-state index is 0.119. The van der Waals surface area contributed by atoms with Gasteiger partial charge in [-0.3, -0.25) is 4.79 Å². The zero-order valence-electron chi connectivity index (χ0n) is 13.9. The van der Waals surface area contributed by atoms with Crippen LogP contribution in [0.4, 0.5) is 0 Å². The first-order valence-corrected chi connectivity index (χ1v) is 8.26. The van der Waals surface area contributed by atoms with Gasteiger partial charge in [-0.2, -0.15) is 0 Å². The van der Waals surface area contributed by atoms with Crippen molar-refractivity contribution in [3.8, 4) is 0 Å². The van der Waals surface area contributed by atoms with Crippen molar-refractivity contribution >= 4 is 5.91 Å². The Morgan fingerprint density at radius 2 is 2.14 bits per heavy atom. The van der Waals surface area contributed by atoms with Crippen LogP contribution in [0.25, 0.3) is 0 Å². The van der Waals surface area contributed by atoms with Gasteiger partial charge < -0.3 is 19.1 Å².